The Morgan fingerprint density at radius 1 is 1.38 bits per heavy atom. The van der Waals surface area contributed by atoms with Gasteiger partial charge in [0.25, 0.3) is 0 Å². The van der Waals surface area contributed by atoms with Crippen LogP contribution in [0.15, 0.2) is 0 Å². The van der Waals surface area contributed by atoms with Crippen LogP contribution in [0.2, 0.25) is 0 Å². The molecule has 4 heteroatoms. The fourth-order valence-electron chi connectivity index (χ4n) is 1.53. The van der Waals surface area contributed by atoms with Crippen molar-refractivity contribution < 1.29 is 19.5 Å². The smallest absolute Gasteiger partial charge is 0.180 e. The van der Waals surface area contributed by atoms with E-state index in [2.05, 4.69) is 0 Å². The number of hydrogen-bond donors (Lipinski definition) is 1. The molecule has 1 saturated carbocycles. The number of carbonyl (C=O) groups is 3. The third kappa shape index (κ3) is 1.21. The minimum Gasteiger partial charge on any atom is -0.384 e. The lowest BCUT2D eigenvalue weighted by molar-refractivity contribution is -0.136. The molecule has 0 spiro atoms. The van der Waals surface area contributed by atoms with Gasteiger partial charge >= 0.3 is 0 Å². The van der Waals surface area contributed by atoms with Gasteiger partial charge in [-0.3, -0.25) is 14.4 Å². The van der Waals surface area contributed by atoms with E-state index in [1.54, 1.807) is 0 Å². The molecule has 0 aromatic carbocycles. The predicted octanol–water partition coefficient (Wildman–Crippen LogP) is -0.270. The summed E-state index contributed by atoms with van der Waals surface area (Å²) in [6, 6.07) is 0. The molecule has 1 N–H and O–H groups in total. The summed E-state index contributed by atoms with van der Waals surface area (Å²) in [5, 5.41) is 9.39. The lowest BCUT2D eigenvalue weighted by atomic mass is 9.86. The first-order chi connectivity index (χ1) is 5.80. The normalized spacial score (nSPS) is 32.3. The zero-order valence-corrected chi connectivity index (χ0v) is 7.83. The van der Waals surface area contributed by atoms with Crippen LogP contribution in [-0.4, -0.2) is 28.6 Å². The minimum absolute atomic E-state index is 0.475. The SMILES string of the molecule is CC(=O)C1C(=O)C(O)C(C)(C)C1=O. The van der Waals surface area contributed by atoms with E-state index in [-0.39, 0.29) is 0 Å². The van der Waals surface area contributed by atoms with Crippen LogP contribution in [0.1, 0.15) is 20.8 Å². The molecule has 1 aliphatic carbocycles. The number of hydrogen-bond acceptors (Lipinski definition) is 4. The van der Waals surface area contributed by atoms with Crippen molar-refractivity contribution in [3.05, 3.63) is 0 Å². The third-order valence-electron chi connectivity index (χ3n) is 2.54. The van der Waals surface area contributed by atoms with Crippen molar-refractivity contribution in [2.45, 2.75) is 26.9 Å². The Kier molecular flexibility index (Phi) is 2.11. The van der Waals surface area contributed by atoms with E-state index in [9.17, 15) is 19.5 Å². The summed E-state index contributed by atoms with van der Waals surface area (Å²) in [5.41, 5.74) is -1.12. The van der Waals surface area contributed by atoms with Gasteiger partial charge in [-0.25, -0.2) is 0 Å². The molecule has 2 atom stereocenters. The van der Waals surface area contributed by atoms with Crippen LogP contribution in [-0.2, 0) is 14.4 Å². The van der Waals surface area contributed by atoms with E-state index in [0.29, 0.717) is 0 Å². The van der Waals surface area contributed by atoms with E-state index >= 15 is 0 Å². The van der Waals surface area contributed by atoms with Crippen LogP contribution in [0.3, 0.4) is 0 Å². The zero-order valence-electron chi connectivity index (χ0n) is 7.83. The van der Waals surface area contributed by atoms with Crippen molar-refractivity contribution in [3.8, 4) is 0 Å². The van der Waals surface area contributed by atoms with Gasteiger partial charge in [0.2, 0.25) is 0 Å². The maximum Gasteiger partial charge on any atom is 0.180 e. The second kappa shape index (κ2) is 2.73. The molecular weight excluding hydrogens is 172 g/mol. The van der Waals surface area contributed by atoms with Crippen molar-refractivity contribution >= 4 is 17.3 Å². The van der Waals surface area contributed by atoms with Crippen molar-refractivity contribution in [2.24, 2.45) is 11.3 Å². The number of Topliss-reactive ketones (excluding diaryl/α,β-unsaturated/α-hetero) is 3. The highest BCUT2D eigenvalue weighted by atomic mass is 16.3. The lowest BCUT2D eigenvalue weighted by Gasteiger charge is -2.18. The van der Waals surface area contributed by atoms with Crippen LogP contribution >= 0.6 is 0 Å². The molecule has 0 saturated heterocycles. The Balaban J connectivity index is 3.14. The first kappa shape index (κ1) is 10.1. The monoisotopic (exact) mass is 184 g/mol. The average molecular weight is 184 g/mol. The molecule has 1 fully saturated rings. The molecule has 72 valence electrons. The molecule has 1 rings (SSSR count). The summed E-state index contributed by atoms with van der Waals surface area (Å²) in [5.74, 6) is -2.87. The lowest BCUT2D eigenvalue weighted by Crippen LogP contribution is -2.31. The van der Waals surface area contributed by atoms with Gasteiger partial charge in [0, 0.05) is 0 Å². The van der Waals surface area contributed by atoms with Gasteiger partial charge in [-0.1, -0.05) is 0 Å². The van der Waals surface area contributed by atoms with Crippen LogP contribution in [0.25, 0.3) is 0 Å². The molecule has 0 aromatic rings. The highest BCUT2D eigenvalue weighted by molar-refractivity contribution is 6.26. The Morgan fingerprint density at radius 3 is 2.00 bits per heavy atom. The Hall–Kier alpha value is -1.03. The van der Waals surface area contributed by atoms with Gasteiger partial charge in [-0.05, 0) is 20.8 Å². The molecule has 2 unspecified atom stereocenters. The van der Waals surface area contributed by atoms with Crippen LogP contribution < -0.4 is 0 Å². The zero-order chi connectivity index (χ0) is 10.4. The molecule has 0 bridgehead atoms. The Labute approximate surface area is 75.9 Å². The van der Waals surface area contributed by atoms with Gasteiger partial charge < -0.3 is 5.11 Å². The van der Waals surface area contributed by atoms with Gasteiger partial charge in [-0.15, -0.1) is 0 Å². The molecule has 0 aromatic heterocycles. The van der Waals surface area contributed by atoms with Gasteiger partial charge in [0.05, 0.1) is 5.41 Å². The average Bonchev–Trinajstić information content (AvgIpc) is 2.14. The number of aliphatic hydroxyl groups excluding tert-OH is 1. The van der Waals surface area contributed by atoms with Gasteiger partial charge in [0.1, 0.15) is 17.8 Å². The molecule has 13 heavy (non-hydrogen) atoms. The number of rotatable bonds is 1. The van der Waals surface area contributed by atoms with E-state index < -0.39 is 34.8 Å². The molecule has 0 radical (unpaired) electrons. The van der Waals surface area contributed by atoms with Crippen molar-refractivity contribution in [2.75, 3.05) is 0 Å². The number of ketones is 3. The van der Waals surface area contributed by atoms with Crippen molar-refractivity contribution in [1.82, 2.24) is 0 Å². The summed E-state index contributed by atoms with van der Waals surface area (Å²) in [6.07, 6.45) is -1.34. The Bertz CT molecular complexity index is 290. The molecular formula is C9H12O4. The summed E-state index contributed by atoms with van der Waals surface area (Å²) < 4.78 is 0. The van der Waals surface area contributed by atoms with Crippen molar-refractivity contribution in [1.29, 1.82) is 0 Å². The van der Waals surface area contributed by atoms with E-state index in [0.717, 1.165) is 0 Å². The molecule has 0 aliphatic heterocycles. The second-order valence-electron chi connectivity index (χ2n) is 3.93. The van der Waals surface area contributed by atoms with Crippen LogP contribution in [0.5, 0.6) is 0 Å². The summed E-state index contributed by atoms with van der Waals surface area (Å²) in [6.45, 7) is 4.14. The van der Waals surface area contributed by atoms with Gasteiger partial charge in [0.15, 0.2) is 11.6 Å². The topological polar surface area (TPSA) is 71.4 Å². The maximum atomic E-state index is 11.5. The fourth-order valence-corrected chi connectivity index (χ4v) is 1.53. The first-order valence-corrected chi connectivity index (χ1v) is 4.06. The Morgan fingerprint density at radius 2 is 1.85 bits per heavy atom. The largest absolute Gasteiger partial charge is 0.384 e. The van der Waals surface area contributed by atoms with Crippen LogP contribution in [0, 0.1) is 11.3 Å². The highest BCUT2D eigenvalue weighted by Crippen LogP contribution is 2.35. The standard InChI is InChI=1S/C9H12O4/c1-4(10)5-6(11)8(13)9(2,3)7(5)12/h5,8,13H,1-3H3. The fraction of sp³-hybridized carbons (Fsp3) is 0.667. The number of carbonyl (C=O) groups excluding carboxylic acids is 3. The van der Waals surface area contributed by atoms with E-state index in [1.807, 2.05) is 0 Å². The summed E-state index contributed by atoms with van der Waals surface area (Å²) in [7, 11) is 0. The van der Waals surface area contributed by atoms with Gasteiger partial charge in [-0.2, -0.15) is 0 Å². The predicted molar refractivity (Wildman–Crippen MR) is 44.0 cm³/mol. The van der Waals surface area contributed by atoms with E-state index in [4.69, 9.17) is 0 Å². The minimum atomic E-state index is -1.34. The summed E-state index contributed by atoms with van der Waals surface area (Å²) in [4.78, 5) is 33.7. The quantitative estimate of drug-likeness (QED) is 0.569. The van der Waals surface area contributed by atoms with Crippen LogP contribution in [0.4, 0.5) is 0 Å². The number of aliphatic hydroxyl groups is 1. The second-order valence-corrected chi connectivity index (χ2v) is 3.93. The van der Waals surface area contributed by atoms with Crippen molar-refractivity contribution in [3.63, 3.8) is 0 Å². The molecule has 0 heterocycles. The maximum absolute atomic E-state index is 11.5. The first-order valence-electron chi connectivity index (χ1n) is 4.06. The third-order valence-corrected chi connectivity index (χ3v) is 2.54. The van der Waals surface area contributed by atoms with E-state index in [1.165, 1.54) is 20.8 Å². The highest BCUT2D eigenvalue weighted by Gasteiger charge is 2.55. The summed E-state index contributed by atoms with van der Waals surface area (Å²) >= 11 is 0. The molecule has 4 nitrogen and oxygen atoms in total. The molecule has 0 amide bonds. The molecule has 1 aliphatic rings.